The molecule has 0 radical (unpaired) electrons. The molecule has 42 heavy (non-hydrogen) atoms. The molecule has 216 valence electrons. The number of benzene rings is 2. The summed E-state index contributed by atoms with van der Waals surface area (Å²) in [6.07, 6.45) is 5.07. The van der Waals surface area contributed by atoms with Crippen molar-refractivity contribution in [3.05, 3.63) is 82.9 Å². The van der Waals surface area contributed by atoms with Gasteiger partial charge >= 0.3 is 0 Å². The zero-order valence-corrected chi connectivity index (χ0v) is 23.4. The van der Waals surface area contributed by atoms with Crippen molar-refractivity contribution in [1.29, 1.82) is 0 Å². The average molecular weight is 567 g/mol. The van der Waals surface area contributed by atoms with Gasteiger partial charge in [0.2, 0.25) is 11.8 Å². The monoisotopic (exact) mass is 566 g/mol. The van der Waals surface area contributed by atoms with Crippen LogP contribution in [0.2, 0.25) is 0 Å². The normalized spacial score (nSPS) is 26.0. The van der Waals surface area contributed by atoms with E-state index >= 15 is 0 Å². The lowest BCUT2D eigenvalue weighted by molar-refractivity contribution is -0.136. The molecular formula is C32H34N6O4. The van der Waals surface area contributed by atoms with Crippen LogP contribution in [0.25, 0.3) is 0 Å². The minimum Gasteiger partial charge on any atom is -0.342 e. The van der Waals surface area contributed by atoms with E-state index in [0.717, 1.165) is 62.6 Å². The van der Waals surface area contributed by atoms with Gasteiger partial charge in [0, 0.05) is 50.0 Å². The molecule has 1 N–H and O–H groups in total. The summed E-state index contributed by atoms with van der Waals surface area (Å²) < 4.78 is 8.36. The predicted molar refractivity (Wildman–Crippen MR) is 153 cm³/mol. The Bertz CT molecular complexity index is 1560. The van der Waals surface area contributed by atoms with Crippen molar-refractivity contribution in [2.24, 2.45) is 0 Å². The van der Waals surface area contributed by atoms with E-state index in [1.165, 1.54) is 11.3 Å². The second-order valence-electron chi connectivity index (χ2n) is 12.1. The zero-order valence-electron chi connectivity index (χ0n) is 23.4. The van der Waals surface area contributed by atoms with Crippen LogP contribution >= 0.6 is 0 Å². The number of hydrogen-bond donors (Lipinski definition) is 1. The van der Waals surface area contributed by atoms with E-state index in [4.69, 9.17) is 9.72 Å². The van der Waals surface area contributed by atoms with Gasteiger partial charge in [0.05, 0.1) is 5.69 Å². The number of anilines is 1. The van der Waals surface area contributed by atoms with Crippen LogP contribution in [-0.4, -0.2) is 69.0 Å². The van der Waals surface area contributed by atoms with Crippen LogP contribution in [0.4, 0.5) is 5.69 Å². The van der Waals surface area contributed by atoms with Crippen molar-refractivity contribution >= 4 is 23.4 Å². The number of ether oxygens (including phenoxy) is 1. The molecule has 8 rings (SSSR count). The molecule has 6 heterocycles. The summed E-state index contributed by atoms with van der Waals surface area (Å²) >= 11 is 0. The molecule has 3 amide bonds. The molecule has 10 nitrogen and oxygen atoms in total. The molecule has 0 aliphatic carbocycles. The number of aromatic nitrogens is 2. The summed E-state index contributed by atoms with van der Waals surface area (Å²) in [4.78, 5) is 48.5. The summed E-state index contributed by atoms with van der Waals surface area (Å²) in [5.41, 5.74) is 5.22. The van der Waals surface area contributed by atoms with Crippen molar-refractivity contribution < 1.29 is 19.1 Å². The van der Waals surface area contributed by atoms with Crippen LogP contribution < -0.4 is 10.2 Å². The quantitative estimate of drug-likeness (QED) is 0.374. The molecule has 0 saturated carbocycles. The number of imide groups is 1. The number of fused-ring (bicyclic) bond motifs is 4. The summed E-state index contributed by atoms with van der Waals surface area (Å²) in [6, 6.07) is 16.1. The Morgan fingerprint density at radius 3 is 2.57 bits per heavy atom. The van der Waals surface area contributed by atoms with Gasteiger partial charge in [-0.15, -0.1) is 0 Å². The lowest BCUT2D eigenvalue weighted by Crippen LogP contribution is -2.52. The molecule has 3 aromatic rings. The first-order valence-corrected chi connectivity index (χ1v) is 15.0. The number of hydrogen-bond acceptors (Lipinski definition) is 7. The molecular weight excluding hydrogens is 532 g/mol. The number of likely N-dealkylation sites (tertiary alicyclic amines) is 1. The van der Waals surface area contributed by atoms with Gasteiger partial charge in [0.15, 0.2) is 12.3 Å². The number of carbonyl (C=O) groups excluding carboxylic acids is 3. The van der Waals surface area contributed by atoms with E-state index in [-0.39, 0.29) is 36.5 Å². The number of carbonyl (C=O) groups is 3. The van der Waals surface area contributed by atoms with Gasteiger partial charge in [-0.25, -0.2) is 4.98 Å². The molecule has 3 saturated heterocycles. The minimum absolute atomic E-state index is 0.0322. The number of para-hydroxylation sites is 1. The first-order chi connectivity index (χ1) is 20.5. The van der Waals surface area contributed by atoms with E-state index in [1.54, 1.807) is 4.90 Å². The maximum absolute atomic E-state index is 13.1. The Hall–Kier alpha value is -4.02. The third-order valence-electron chi connectivity index (χ3n) is 9.55. The Balaban J connectivity index is 0.882. The summed E-state index contributed by atoms with van der Waals surface area (Å²) in [5.74, 6) is 0.734. The summed E-state index contributed by atoms with van der Waals surface area (Å²) in [5, 5.41) is 2.38. The van der Waals surface area contributed by atoms with E-state index in [9.17, 15) is 14.4 Å². The summed E-state index contributed by atoms with van der Waals surface area (Å²) in [7, 11) is 0. The van der Waals surface area contributed by atoms with Crippen LogP contribution in [0.5, 0.6) is 0 Å². The van der Waals surface area contributed by atoms with E-state index in [1.807, 2.05) is 12.1 Å². The number of piperidine rings is 2. The maximum atomic E-state index is 13.1. The van der Waals surface area contributed by atoms with Crippen molar-refractivity contribution in [1.82, 2.24) is 24.7 Å². The highest BCUT2D eigenvalue weighted by Crippen LogP contribution is 2.44. The average Bonchev–Trinajstić information content (AvgIpc) is 3.61. The minimum atomic E-state index is -0.576. The third-order valence-corrected chi connectivity index (χ3v) is 9.55. The zero-order chi connectivity index (χ0) is 28.4. The highest BCUT2D eigenvalue weighted by Gasteiger charge is 2.49. The van der Waals surface area contributed by atoms with Crippen LogP contribution in [0, 0.1) is 0 Å². The van der Waals surface area contributed by atoms with Gasteiger partial charge in [-0.1, -0.05) is 30.3 Å². The van der Waals surface area contributed by atoms with Crippen LogP contribution in [0.3, 0.4) is 0 Å². The van der Waals surface area contributed by atoms with Gasteiger partial charge in [-0.3, -0.25) is 24.6 Å². The SMILES string of the molecule is O=C1CCC(N2Cc3cc(C4CCN(Cc5cn6c(n5)C5OC5N(c5ccccc5)CC6)CC4)ccc3C2=O)C(=O)N1. The smallest absolute Gasteiger partial charge is 0.255 e. The Labute approximate surface area is 244 Å². The maximum Gasteiger partial charge on any atom is 0.255 e. The number of nitrogens with zero attached hydrogens (tertiary/aromatic N) is 5. The van der Waals surface area contributed by atoms with Gasteiger partial charge in [-0.2, -0.15) is 0 Å². The third kappa shape index (κ3) is 4.49. The highest BCUT2D eigenvalue weighted by molar-refractivity contribution is 6.05. The van der Waals surface area contributed by atoms with Crippen LogP contribution in [0.1, 0.15) is 70.7 Å². The van der Waals surface area contributed by atoms with E-state index in [0.29, 0.717) is 24.4 Å². The fourth-order valence-corrected chi connectivity index (χ4v) is 7.24. The molecule has 0 spiro atoms. The molecule has 10 heteroatoms. The largest absolute Gasteiger partial charge is 0.342 e. The second-order valence-corrected chi connectivity index (χ2v) is 12.1. The first kappa shape index (κ1) is 25.7. The molecule has 2 aromatic carbocycles. The lowest BCUT2D eigenvalue weighted by Gasteiger charge is -2.32. The van der Waals surface area contributed by atoms with Crippen LogP contribution in [-0.2, 0) is 34.0 Å². The molecule has 5 aliphatic rings. The first-order valence-electron chi connectivity index (χ1n) is 15.0. The number of amides is 3. The van der Waals surface area contributed by atoms with Crippen molar-refractivity contribution in [2.45, 2.75) is 69.6 Å². The van der Waals surface area contributed by atoms with Gasteiger partial charge in [0.1, 0.15) is 11.9 Å². The Morgan fingerprint density at radius 2 is 1.76 bits per heavy atom. The fraction of sp³-hybridized carbons (Fsp3) is 0.438. The Kier molecular flexibility index (Phi) is 6.15. The fourth-order valence-electron chi connectivity index (χ4n) is 7.24. The summed E-state index contributed by atoms with van der Waals surface area (Å²) in [6.45, 7) is 5.05. The van der Waals surface area contributed by atoms with Gasteiger partial charge in [0.25, 0.3) is 5.91 Å². The topological polar surface area (TPSA) is 103 Å². The molecule has 3 fully saturated rings. The molecule has 3 unspecified atom stereocenters. The molecule has 0 bridgehead atoms. The van der Waals surface area contributed by atoms with Crippen LogP contribution in [0.15, 0.2) is 54.7 Å². The molecule has 3 atom stereocenters. The number of rotatable bonds is 5. The van der Waals surface area contributed by atoms with Crippen molar-refractivity contribution in [2.75, 3.05) is 24.5 Å². The highest BCUT2D eigenvalue weighted by atomic mass is 16.6. The van der Waals surface area contributed by atoms with Crippen molar-refractivity contribution in [3.63, 3.8) is 0 Å². The van der Waals surface area contributed by atoms with Gasteiger partial charge < -0.3 is 19.1 Å². The van der Waals surface area contributed by atoms with Gasteiger partial charge in [-0.05, 0) is 67.6 Å². The number of epoxide rings is 1. The van der Waals surface area contributed by atoms with E-state index < -0.39 is 6.04 Å². The molecule has 5 aliphatic heterocycles. The number of nitrogens with one attached hydrogen (secondary N) is 1. The predicted octanol–water partition coefficient (Wildman–Crippen LogP) is 2.94. The van der Waals surface area contributed by atoms with E-state index in [2.05, 4.69) is 62.3 Å². The standard InChI is InChI=1S/C32H34N6O4/c39-27-9-8-26(30(40)34-27)38-17-22-16-21(6-7-25(22)31(38)41)20-10-12-35(13-11-20)18-23-19-36-14-15-37(24-4-2-1-3-5-24)32-28(42-32)29(36)33-23/h1-7,16,19-20,26,28,32H,8-15,17-18H2,(H,34,39,40). The van der Waals surface area contributed by atoms with Crippen molar-refractivity contribution in [3.8, 4) is 0 Å². The lowest BCUT2D eigenvalue weighted by atomic mass is 9.88. The second kappa shape index (κ2) is 10.1. The Morgan fingerprint density at radius 1 is 0.929 bits per heavy atom. The molecule has 1 aromatic heterocycles. The number of imidazole rings is 1.